The van der Waals surface area contributed by atoms with Crippen molar-refractivity contribution < 1.29 is 9.66 Å². The Morgan fingerprint density at radius 2 is 1.91 bits per heavy atom. The second kappa shape index (κ2) is 6.15. The lowest BCUT2D eigenvalue weighted by molar-refractivity contribution is -0.388. The summed E-state index contributed by atoms with van der Waals surface area (Å²) in [4.78, 5) is 18.8. The molecule has 1 aliphatic rings. The summed E-state index contributed by atoms with van der Waals surface area (Å²) in [6.45, 7) is 2.99. The molecular formula is C15H19N5O3. The van der Waals surface area contributed by atoms with Crippen molar-refractivity contribution >= 4 is 17.3 Å². The predicted octanol–water partition coefficient (Wildman–Crippen LogP) is 1.66. The van der Waals surface area contributed by atoms with Crippen molar-refractivity contribution in [2.24, 2.45) is 7.05 Å². The largest absolute Gasteiger partial charge is 0.497 e. The highest BCUT2D eigenvalue weighted by Gasteiger charge is 2.28. The quantitative estimate of drug-likeness (QED) is 0.630. The Kier molecular flexibility index (Phi) is 4.05. The minimum atomic E-state index is -0.427. The first kappa shape index (κ1) is 15.1. The molecule has 0 unspecified atom stereocenters. The van der Waals surface area contributed by atoms with Crippen molar-refractivity contribution in [2.45, 2.75) is 0 Å². The molecule has 0 aliphatic carbocycles. The number of aromatic nitrogens is 2. The Labute approximate surface area is 134 Å². The number of hydrogen-bond donors (Lipinski definition) is 0. The number of imidazole rings is 1. The molecule has 0 spiro atoms. The number of methoxy groups -OCH3 is 1. The summed E-state index contributed by atoms with van der Waals surface area (Å²) in [7, 11) is 3.43. The second-order valence-corrected chi connectivity index (χ2v) is 5.44. The van der Waals surface area contributed by atoms with Gasteiger partial charge in [0.15, 0.2) is 0 Å². The summed E-state index contributed by atoms with van der Waals surface area (Å²) in [5, 5.41) is 11.1. The molecule has 1 aromatic heterocycles. The molecule has 1 fully saturated rings. The van der Waals surface area contributed by atoms with E-state index in [0.717, 1.165) is 24.5 Å². The molecule has 0 amide bonds. The van der Waals surface area contributed by atoms with Gasteiger partial charge in [-0.25, -0.2) is 0 Å². The molecule has 0 radical (unpaired) electrons. The molecule has 0 atom stereocenters. The number of nitrogens with zero attached hydrogens (tertiary/aromatic N) is 5. The third kappa shape index (κ3) is 2.92. The van der Waals surface area contributed by atoms with E-state index in [4.69, 9.17) is 4.74 Å². The summed E-state index contributed by atoms with van der Waals surface area (Å²) >= 11 is 0. The molecule has 1 saturated heterocycles. The number of anilines is 2. The van der Waals surface area contributed by atoms with Crippen LogP contribution in [0.15, 0.2) is 30.6 Å². The molecule has 2 heterocycles. The minimum absolute atomic E-state index is 0.0812. The predicted molar refractivity (Wildman–Crippen MR) is 87.3 cm³/mol. The van der Waals surface area contributed by atoms with Crippen molar-refractivity contribution in [2.75, 3.05) is 43.1 Å². The first-order chi connectivity index (χ1) is 11.1. The maximum atomic E-state index is 11.1. The number of ether oxygens (including phenoxy) is 1. The first-order valence-electron chi connectivity index (χ1n) is 7.40. The van der Waals surface area contributed by atoms with E-state index >= 15 is 0 Å². The van der Waals surface area contributed by atoms with Gasteiger partial charge in [0.1, 0.15) is 5.75 Å². The summed E-state index contributed by atoms with van der Waals surface area (Å²) in [6.07, 6.45) is 1.49. The standard InChI is InChI=1S/C15H19N5O3/c1-17-11-16-14(20(21)22)15(17)19-8-6-18(7-9-19)12-4-3-5-13(10-12)23-2/h3-5,10-11H,6-9H2,1-2H3. The van der Waals surface area contributed by atoms with Gasteiger partial charge >= 0.3 is 5.82 Å². The summed E-state index contributed by atoms with van der Waals surface area (Å²) in [5.41, 5.74) is 1.10. The molecule has 8 nitrogen and oxygen atoms in total. The lowest BCUT2D eigenvalue weighted by atomic mass is 10.2. The summed E-state index contributed by atoms with van der Waals surface area (Å²) in [5.74, 6) is 1.31. The molecule has 23 heavy (non-hydrogen) atoms. The average molecular weight is 317 g/mol. The molecule has 0 saturated carbocycles. The number of aryl methyl sites for hydroxylation is 1. The van der Waals surface area contributed by atoms with Crippen LogP contribution in [0, 0.1) is 10.1 Å². The molecular weight excluding hydrogens is 298 g/mol. The van der Waals surface area contributed by atoms with Gasteiger partial charge in [0, 0.05) is 45.0 Å². The third-order valence-electron chi connectivity index (χ3n) is 4.06. The highest BCUT2D eigenvalue weighted by Crippen LogP contribution is 2.28. The van der Waals surface area contributed by atoms with Crippen LogP contribution in [0.1, 0.15) is 0 Å². The zero-order valence-electron chi connectivity index (χ0n) is 13.2. The second-order valence-electron chi connectivity index (χ2n) is 5.44. The molecule has 0 bridgehead atoms. The fraction of sp³-hybridized carbons (Fsp3) is 0.400. The minimum Gasteiger partial charge on any atom is -0.497 e. The molecule has 3 rings (SSSR count). The Morgan fingerprint density at radius 1 is 1.22 bits per heavy atom. The summed E-state index contributed by atoms with van der Waals surface area (Å²) < 4.78 is 6.97. The zero-order chi connectivity index (χ0) is 16.4. The Hall–Kier alpha value is -2.77. The topological polar surface area (TPSA) is 76.7 Å². The number of nitro groups is 1. The molecule has 1 aliphatic heterocycles. The highest BCUT2D eigenvalue weighted by atomic mass is 16.6. The fourth-order valence-electron chi connectivity index (χ4n) is 2.89. The number of benzene rings is 1. The zero-order valence-corrected chi connectivity index (χ0v) is 13.2. The molecule has 122 valence electrons. The van der Waals surface area contributed by atoms with Gasteiger partial charge in [0.25, 0.3) is 0 Å². The highest BCUT2D eigenvalue weighted by molar-refractivity contribution is 5.57. The number of piperazine rings is 1. The van der Waals surface area contributed by atoms with Crippen LogP contribution in [-0.2, 0) is 7.05 Å². The van der Waals surface area contributed by atoms with Gasteiger partial charge in [0.2, 0.25) is 12.1 Å². The van der Waals surface area contributed by atoms with Gasteiger partial charge in [0.05, 0.1) is 7.11 Å². The van der Waals surface area contributed by atoms with Gasteiger partial charge in [-0.1, -0.05) is 6.07 Å². The Bertz CT molecular complexity index is 707. The fourth-order valence-corrected chi connectivity index (χ4v) is 2.89. The lowest BCUT2D eigenvalue weighted by Crippen LogP contribution is -2.47. The summed E-state index contributed by atoms with van der Waals surface area (Å²) in [6, 6.07) is 7.93. The van der Waals surface area contributed by atoms with Crippen LogP contribution in [0.5, 0.6) is 5.75 Å². The van der Waals surface area contributed by atoms with Crippen LogP contribution >= 0.6 is 0 Å². The van der Waals surface area contributed by atoms with Crippen LogP contribution < -0.4 is 14.5 Å². The van der Waals surface area contributed by atoms with Crippen molar-refractivity contribution in [1.82, 2.24) is 9.55 Å². The van der Waals surface area contributed by atoms with E-state index in [-0.39, 0.29) is 5.82 Å². The van der Waals surface area contributed by atoms with Crippen LogP contribution in [0.3, 0.4) is 0 Å². The molecule has 1 aromatic carbocycles. The lowest BCUT2D eigenvalue weighted by Gasteiger charge is -2.36. The van der Waals surface area contributed by atoms with Gasteiger partial charge in [-0.3, -0.25) is 4.57 Å². The number of rotatable bonds is 4. The van der Waals surface area contributed by atoms with E-state index in [9.17, 15) is 10.1 Å². The van der Waals surface area contributed by atoms with Gasteiger partial charge in [-0.15, -0.1) is 0 Å². The number of hydrogen-bond acceptors (Lipinski definition) is 6. The van der Waals surface area contributed by atoms with E-state index in [1.165, 1.54) is 6.33 Å². The Morgan fingerprint density at radius 3 is 2.57 bits per heavy atom. The first-order valence-corrected chi connectivity index (χ1v) is 7.40. The van der Waals surface area contributed by atoms with Crippen molar-refractivity contribution in [1.29, 1.82) is 0 Å². The normalized spacial score (nSPS) is 14.9. The van der Waals surface area contributed by atoms with E-state index in [1.54, 1.807) is 18.7 Å². The smallest absolute Gasteiger partial charge is 0.406 e. The van der Waals surface area contributed by atoms with Crippen LogP contribution in [0.4, 0.5) is 17.3 Å². The van der Waals surface area contributed by atoms with Gasteiger partial charge < -0.3 is 24.7 Å². The maximum absolute atomic E-state index is 11.1. The van der Waals surface area contributed by atoms with E-state index < -0.39 is 4.92 Å². The Balaban J connectivity index is 1.74. The molecule has 8 heteroatoms. The van der Waals surface area contributed by atoms with Crippen molar-refractivity contribution in [3.05, 3.63) is 40.7 Å². The van der Waals surface area contributed by atoms with Gasteiger partial charge in [-0.05, 0) is 22.0 Å². The molecule has 2 aromatic rings. The van der Waals surface area contributed by atoms with Crippen LogP contribution in [0.2, 0.25) is 0 Å². The van der Waals surface area contributed by atoms with Gasteiger partial charge in [-0.2, -0.15) is 0 Å². The third-order valence-corrected chi connectivity index (χ3v) is 4.06. The molecule has 0 N–H and O–H groups in total. The average Bonchev–Trinajstić information content (AvgIpc) is 2.97. The van der Waals surface area contributed by atoms with Crippen LogP contribution in [-0.4, -0.2) is 47.8 Å². The monoisotopic (exact) mass is 317 g/mol. The van der Waals surface area contributed by atoms with E-state index in [0.29, 0.717) is 18.9 Å². The maximum Gasteiger partial charge on any atom is 0.406 e. The SMILES string of the molecule is COc1cccc(N2CCN(c3c([N+](=O)[O-])ncn3C)CC2)c1. The van der Waals surface area contributed by atoms with E-state index in [2.05, 4.69) is 9.88 Å². The van der Waals surface area contributed by atoms with E-state index in [1.807, 2.05) is 29.2 Å². The van der Waals surface area contributed by atoms with Crippen LogP contribution in [0.25, 0.3) is 0 Å². The van der Waals surface area contributed by atoms with Crippen molar-refractivity contribution in [3.8, 4) is 5.75 Å². The van der Waals surface area contributed by atoms with Crippen molar-refractivity contribution in [3.63, 3.8) is 0 Å².